The van der Waals surface area contributed by atoms with Crippen LogP contribution in [0.5, 0.6) is 0 Å². The Morgan fingerprint density at radius 1 is 1.38 bits per heavy atom. The maximum atomic E-state index is 12.1. The summed E-state index contributed by atoms with van der Waals surface area (Å²) >= 11 is 1.72. The van der Waals surface area contributed by atoms with Gasteiger partial charge in [-0.15, -0.1) is 0 Å². The zero-order valence-electron chi connectivity index (χ0n) is 9.62. The van der Waals surface area contributed by atoms with Crippen molar-refractivity contribution in [3.8, 4) is 0 Å². The minimum Gasteiger partial charge on any atom is -0.469 e. The summed E-state index contributed by atoms with van der Waals surface area (Å²) in [7, 11) is 1.41. The molecule has 2 rings (SSSR count). The smallest absolute Gasteiger partial charge is 0.314 e. The van der Waals surface area contributed by atoms with Crippen LogP contribution in [0.2, 0.25) is 0 Å². The monoisotopic (exact) mass is 245 g/mol. The molecule has 0 saturated carbocycles. The standard InChI is InChI=1S/C11H19NO3S/c1-15-9(13)10(2-5-12-6-3-10)11(14)4-7-16-8-11/h12,14H,2-8H2,1H3. The van der Waals surface area contributed by atoms with Gasteiger partial charge < -0.3 is 15.2 Å². The maximum absolute atomic E-state index is 12.1. The first-order chi connectivity index (χ1) is 7.65. The number of carbonyl (C=O) groups is 1. The lowest BCUT2D eigenvalue weighted by molar-refractivity contribution is -0.174. The van der Waals surface area contributed by atoms with E-state index in [-0.39, 0.29) is 5.97 Å². The Kier molecular flexibility index (Phi) is 3.47. The minimum absolute atomic E-state index is 0.237. The van der Waals surface area contributed by atoms with E-state index in [1.807, 2.05) is 0 Å². The summed E-state index contributed by atoms with van der Waals surface area (Å²) in [5.74, 6) is 1.35. The maximum Gasteiger partial charge on any atom is 0.314 e. The Hall–Kier alpha value is -0.260. The molecule has 16 heavy (non-hydrogen) atoms. The molecule has 0 radical (unpaired) electrons. The number of hydrogen-bond acceptors (Lipinski definition) is 5. The van der Waals surface area contributed by atoms with Crippen LogP contribution in [0.25, 0.3) is 0 Å². The van der Waals surface area contributed by atoms with Crippen LogP contribution >= 0.6 is 11.8 Å². The number of carbonyl (C=O) groups excluding carboxylic acids is 1. The molecule has 0 aromatic carbocycles. The molecule has 0 aliphatic carbocycles. The largest absolute Gasteiger partial charge is 0.469 e. The van der Waals surface area contributed by atoms with Crippen LogP contribution in [0.3, 0.4) is 0 Å². The molecule has 2 heterocycles. The van der Waals surface area contributed by atoms with Crippen molar-refractivity contribution in [1.29, 1.82) is 0 Å². The van der Waals surface area contributed by atoms with Crippen molar-refractivity contribution in [2.75, 3.05) is 31.7 Å². The third kappa shape index (κ3) is 1.75. The summed E-state index contributed by atoms with van der Waals surface area (Å²) in [6, 6.07) is 0. The van der Waals surface area contributed by atoms with Gasteiger partial charge in [-0.05, 0) is 38.1 Å². The van der Waals surface area contributed by atoms with Gasteiger partial charge in [-0.1, -0.05) is 0 Å². The predicted octanol–water partition coefficient (Wildman–Crippen LogP) is 0.397. The molecular formula is C11H19NO3S. The fourth-order valence-electron chi connectivity index (χ4n) is 2.84. The summed E-state index contributed by atoms with van der Waals surface area (Å²) in [4.78, 5) is 12.1. The minimum atomic E-state index is -0.868. The molecule has 4 nitrogen and oxygen atoms in total. The van der Waals surface area contributed by atoms with Gasteiger partial charge in [0.05, 0.1) is 18.1 Å². The summed E-state index contributed by atoms with van der Waals surface area (Å²) in [5.41, 5.74) is -1.55. The Bertz CT molecular complexity index is 270. The summed E-state index contributed by atoms with van der Waals surface area (Å²) < 4.78 is 4.93. The zero-order valence-corrected chi connectivity index (χ0v) is 10.4. The van der Waals surface area contributed by atoms with Gasteiger partial charge in [0.15, 0.2) is 0 Å². The molecule has 0 bridgehead atoms. The number of hydrogen-bond donors (Lipinski definition) is 2. The van der Waals surface area contributed by atoms with E-state index in [9.17, 15) is 9.90 Å². The second-order valence-electron chi connectivity index (χ2n) is 4.66. The Morgan fingerprint density at radius 2 is 2.06 bits per heavy atom. The average molecular weight is 245 g/mol. The number of methoxy groups -OCH3 is 1. The van der Waals surface area contributed by atoms with Gasteiger partial charge in [-0.3, -0.25) is 4.79 Å². The van der Waals surface area contributed by atoms with Gasteiger partial charge in [0.2, 0.25) is 0 Å². The zero-order chi connectivity index (χ0) is 11.6. The molecule has 2 aliphatic rings. The molecule has 1 atom stereocenters. The summed E-state index contributed by atoms with van der Waals surface area (Å²) in [6.07, 6.45) is 2.06. The van der Waals surface area contributed by atoms with Gasteiger partial charge in [-0.2, -0.15) is 11.8 Å². The van der Waals surface area contributed by atoms with E-state index in [1.54, 1.807) is 11.8 Å². The Labute approximate surface area is 100 Å². The molecule has 0 spiro atoms. The quantitative estimate of drug-likeness (QED) is 0.690. The normalized spacial score (nSPS) is 33.6. The lowest BCUT2D eigenvalue weighted by atomic mass is 9.65. The van der Waals surface area contributed by atoms with Crippen molar-refractivity contribution in [2.24, 2.45) is 5.41 Å². The van der Waals surface area contributed by atoms with Crippen molar-refractivity contribution in [3.63, 3.8) is 0 Å². The van der Waals surface area contributed by atoms with Gasteiger partial charge in [-0.25, -0.2) is 0 Å². The van der Waals surface area contributed by atoms with Gasteiger partial charge >= 0.3 is 5.97 Å². The Morgan fingerprint density at radius 3 is 2.56 bits per heavy atom. The highest BCUT2D eigenvalue weighted by atomic mass is 32.2. The Balaban J connectivity index is 2.28. The molecular weight excluding hydrogens is 226 g/mol. The number of thioether (sulfide) groups is 1. The third-order valence-corrected chi connectivity index (χ3v) is 5.10. The fourth-order valence-corrected chi connectivity index (χ4v) is 4.22. The van der Waals surface area contributed by atoms with Gasteiger partial charge in [0, 0.05) is 5.75 Å². The number of esters is 1. The lowest BCUT2D eigenvalue weighted by Crippen LogP contribution is -2.58. The van der Waals surface area contributed by atoms with E-state index in [1.165, 1.54) is 7.11 Å². The van der Waals surface area contributed by atoms with E-state index in [0.717, 1.165) is 18.8 Å². The number of piperidine rings is 1. The molecule has 2 fully saturated rings. The molecule has 0 amide bonds. The van der Waals surface area contributed by atoms with Crippen LogP contribution in [0.1, 0.15) is 19.3 Å². The molecule has 0 aromatic rings. The van der Waals surface area contributed by atoms with Crippen LogP contribution in [-0.2, 0) is 9.53 Å². The van der Waals surface area contributed by atoms with Crippen molar-refractivity contribution >= 4 is 17.7 Å². The molecule has 2 N–H and O–H groups in total. The number of nitrogens with one attached hydrogen (secondary N) is 1. The lowest BCUT2D eigenvalue weighted by Gasteiger charge is -2.45. The molecule has 0 aromatic heterocycles. The summed E-state index contributed by atoms with van der Waals surface area (Å²) in [6.45, 7) is 1.56. The van der Waals surface area contributed by atoms with Crippen LogP contribution < -0.4 is 5.32 Å². The van der Waals surface area contributed by atoms with Crippen molar-refractivity contribution in [1.82, 2.24) is 5.32 Å². The highest BCUT2D eigenvalue weighted by molar-refractivity contribution is 7.99. The second-order valence-corrected chi connectivity index (χ2v) is 5.76. The van der Waals surface area contributed by atoms with Crippen LogP contribution in [-0.4, -0.2) is 48.4 Å². The molecule has 2 saturated heterocycles. The average Bonchev–Trinajstić information content (AvgIpc) is 2.77. The summed E-state index contributed by atoms with van der Waals surface area (Å²) in [5, 5.41) is 14.0. The van der Waals surface area contributed by atoms with E-state index < -0.39 is 11.0 Å². The first kappa shape index (κ1) is 12.2. The highest BCUT2D eigenvalue weighted by Gasteiger charge is 2.57. The van der Waals surface area contributed by atoms with Crippen LogP contribution in [0.4, 0.5) is 0 Å². The fraction of sp³-hybridized carbons (Fsp3) is 0.909. The first-order valence-corrected chi connectivity index (χ1v) is 6.89. The van der Waals surface area contributed by atoms with E-state index in [0.29, 0.717) is 25.0 Å². The SMILES string of the molecule is COC(=O)C1(C2(O)CCSC2)CCNCC1. The van der Waals surface area contributed by atoms with E-state index in [4.69, 9.17) is 4.74 Å². The van der Waals surface area contributed by atoms with Crippen molar-refractivity contribution in [3.05, 3.63) is 0 Å². The topological polar surface area (TPSA) is 58.6 Å². The second kappa shape index (κ2) is 4.55. The third-order valence-electron chi connectivity index (χ3n) is 3.92. The van der Waals surface area contributed by atoms with Crippen LogP contribution in [0.15, 0.2) is 0 Å². The molecule has 5 heteroatoms. The number of ether oxygens (including phenoxy) is 1. The predicted molar refractivity (Wildman–Crippen MR) is 63.4 cm³/mol. The molecule has 1 unspecified atom stereocenters. The number of aliphatic hydroxyl groups is 1. The first-order valence-electron chi connectivity index (χ1n) is 5.74. The van der Waals surface area contributed by atoms with Gasteiger partial charge in [0.25, 0.3) is 0 Å². The van der Waals surface area contributed by atoms with E-state index in [2.05, 4.69) is 5.32 Å². The molecule has 92 valence electrons. The van der Waals surface area contributed by atoms with Crippen molar-refractivity contribution in [2.45, 2.75) is 24.9 Å². The van der Waals surface area contributed by atoms with E-state index >= 15 is 0 Å². The van der Waals surface area contributed by atoms with Gasteiger partial charge in [0.1, 0.15) is 0 Å². The number of rotatable bonds is 2. The highest BCUT2D eigenvalue weighted by Crippen LogP contribution is 2.48. The van der Waals surface area contributed by atoms with Crippen molar-refractivity contribution < 1.29 is 14.6 Å². The van der Waals surface area contributed by atoms with Crippen LogP contribution in [0, 0.1) is 5.41 Å². The molecule has 2 aliphatic heterocycles.